The fraction of sp³-hybridized carbons (Fsp3) is 0.667. The molecule has 0 saturated heterocycles. The van der Waals surface area contributed by atoms with Crippen molar-refractivity contribution >= 4 is 5.97 Å². The first kappa shape index (κ1) is 9.26. The molecular weight excluding hydrogens is 154 g/mol. The Morgan fingerprint density at radius 2 is 2.50 bits per heavy atom. The molecule has 0 aliphatic carbocycles. The van der Waals surface area contributed by atoms with Gasteiger partial charge in [-0.2, -0.15) is 0 Å². The second kappa shape index (κ2) is 4.26. The molecule has 0 radical (unpaired) electrons. The van der Waals surface area contributed by atoms with E-state index >= 15 is 0 Å². The van der Waals surface area contributed by atoms with E-state index in [2.05, 4.69) is 22.6 Å². The number of hydrogen-bond donors (Lipinski definition) is 0. The van der Waals surface area contributed by atoms with Gasteiger partial charge in [0.05, 0.1) is 13.7 Å². The van der Waals surface area contributed by atoms with E-state index in [1.54, 1.807) is 0 Å². The number of rotatable bonds is 2. The van der Waals surface area contributed by atoms with Crippen LogP contribution < -0.4 is 0 Å². The summed E-state index contributed by atoms with van der Waals surface area (Å²) in [6.45, 7) is 4.38. The van der Waals surface area contributed by atoms with Crippen LogP contribution in [0.25, 0.3) is 0 Å². The Kier molecular flexibility index (Phi) is 3.29. The van der Waals surface area contributed by atoms with Crippen LogP contribution in [0.2, 0.25) is 0 Å². The van der Waals surface area contributed by atoms with E-state index < -0.39 is 0 Å². The molecule has 0 amide bonds. The van der Waals surface area contributed by atoms with Gasteiger partial charge in [0.25, 0.3) is 0 Å². The van der Waals surface area contributed by atoms with Gasteiger partial charge in [0.1, 0.15) is 0 Å². The molecule has 0 bridgehead atoms. The third-order valence-corrected chi connectivity index (χ3v) is 2.10. The second-order valence-corrected chi connectivity index (χ2v) is 3.11. The molecule has 0 unspecified atom stereocenters. The summed E-state index contributed by atoms with van der Waals surface area (Å²) >= 11 is 0. The molecule has 12 heavy (non-hydrogen) atoms. The van der Waals surface area contributed by atoms with Crippen LogP contribution in [0.4, 0.5) is 0 Å². The van der Waals surface area contributed by atoms with Gasteiger partial charge in [0.2, 0.25) is 0 Å². The van der Waals surface area contributed by atoms with E-state index in [0.717, 1.165) is 19.5 Å². The Hall–Kier alpha value is -0.830. The summed E-state index contributed by atoms with van der Waals surface area (Å²) in [4.78, 5) is 13.0. The summed E-state index contributed by atoms with van der Waals surface area (Å²) in [6, 6.07) is 0. The third-order valence-electron chi connectivity index (χ3n) is 2.10. The highest BCUT2D eigenvalue weighted by atomic mass is 16.5. The Morgan fingerprint density at radius 3 is 3.00 bits per heavy atom. The average molecular weight is 169 g/mol. The maximum atomic E-state index is 10.9. The van der Waals surface area contributed by atoms with E-state index in [1.165, 1.54) is 12.7 Å². The maximum absolute atomic E-state index is 10.9. The summed E-state index contributed by atoms with van der Waals surface area (Å²) < 4.78 is 4.58. The van der Waals surface area contributed by atoms with Crippen molar-refractivity contribution in [2.24, 2.45) is 0 Å². The minimum absolute atomic E-state index is 0.150. The van der Waals surface area contributed by atoms with Gasteiger partial charge in [-0.1, -0.05) is 11.6 Å². The van der Waals surface area contributed by atoms with Gasteiger partial charge >= 0.3 is 5.97 Å². The molecule has 3 nitrogen and oxygen atoms in total. The number of ether oxygens (including phenoxy) is 1. The standard InChI is InChI=1S/C9H15NO2/c1-8-3-5-10(6-4-8)7-9(11)12-2/h3H,4-7H2,1-2H3. The van der Waals surface area contributed by atoms with Crippen LogP contribution >= 0.6 is 0 Å². The summed E-state index contributed by atoms with van der Waals surface area (Å²) in [5, 5.41) is 0. The Morgan fingerprint density at radius 1 is 1.75 bits per heavy atom. The summed E-state index contributed by atoms with van der Waals surface area (Å²) in [5.74, 6) is -0.150. The predicted octanol–water partition coefficient (Wildman–Crippen LogP) is 0.811. The Bertz CT molecular complexity index is 199. The molecule has 0 aromatic carbocycles. The number of carbonyl (C=O) groups is 1. The highest BCUT2D eigenvalue weighted by Gasteiger charge is 2.12. The number of nitrogens with zero attached hydrogens (tertiary/aromatic N) is 1. The normalized spacial score (nSPS) is 18.7. The lowest BCUT2D eigenvalue weighted by Crippen LogP contribution is -2.33. The molecule has 3 heteroatoms. The third kappa shape index (κ3) is 2.66. The summed E-state index contributed by atoms with van der Waals surface area (Å²) in [5.41, 5.74) is 1.41. The van der Waals surface area contributed by atoms with E-state index in [9.17, 15) is 4.79 Å². The molecule has 0 atom stereocenters. The van der Waals surface area contributed by atoms with Crippen molar-refractivity contribution in [2.45, 2.75) is 13.3 Å². The number of methoxy groups -OCH3 is 1. The van der Waals surface area contributed by atoms with Gasteiger partial charge < -0.3 is 4.74 Å². The van der Waals surface area contributed by atoms with Gasteiger partial charge in [-0.25, -0.2) is 0 Å². The lowest BCUT2D eigenvalue weighted by molar-refractivity contribution is -0.141. The highest BCUT2D eigenvalue weighted by Crippen LogP contribution is 2.08. The van der Waals surface area contributed by atoms with Crippen molar-refractivity contribution in [3.8, 4) is 0 Å². The number of carbonyl (C=O) groups excluding carboxylic acids is 1. The SMILES string of the molecule is COC(=O)CN1CC=C(C)CC1. The average Bonchev–Trinajstić information content (AvgIpc) is 2.09. The summed E-state index contributed by atoms with van der Waals surface area (Å²) in [6.07, 6.45) is 3.23. The minimum Gasteiger partial charge on any atom is -0.468 e. The second-order valence-electron chi connectivity index (χ2n) is 3.11. The first-order chi connectivity index (χ1) is 5.72. The van der Waals surface area contributed by atoms with Gasteiger partial charge in [-0.05, 0) is 13.3 Å². The van der Waals surface area contributed by atoms with Crippen molar-refractivity contribution in [3.05, 3.63) is 11.6 Å². The smallest absolute Gasteiger partial charge is 0.319 e. The molecule has 0 spiro atoms. The number of hydrogen-bond acceptors (Lipinski definition) is 3. The van der Waals surface area contributed by atoms with Crippen LogP contribution in [0.1, 0.15) is 13.3 Å². The fourth-order valence-electron chi connectivity index (χ4n) is 1.20. The van der Waals surface area contributed by atoms with Gasteiger partial charge in [-0.15, -0.1) is 0 Å². The van der Waals surface area contributed by atoms with Crippen LogP contribution in [0.15, 0.2) is 11.6 Å². The molecule has 1 heterocycles. The van der Waals surface area contributed by atoms with Crippen molar-refractivity contribution in [2.75, 3.05) is 26.7 Å². The van der Waals surface area contributed by atoms with Gasteiger partial charge in [0, 0.05) is 13.1 Å². The molecule has 1 rings (SSSR count). The zero-order chi connectivity index (χ0) is 8.97. The van der Waals surface area contributed by atoms with Crippen molar-refractivity contribution in [1.82, 2.24) is 4.90 Å². The van der Waals surface area contributed by atoms with Crippen LogP contribution in [0, 0.1) is 0 Å². The molecule has 0 N–H and O–H groups in total. The van der Waals surface area contributed by atoms with E-state index in [4.69, 9.17) is 0 Å². The van der Waals surface area contributed by atoms with Crippen molar-refractivity contribution < 1.29 is 9.53 Å². The largest absolute Gasteiger partial charge is 0.468 e. The Balaban J connectivity index is 2.32. The molecule has 0 saturated carbocycles. The minimum atomic E-state index is -0.150. The molecule has 0 aromatic heterocycles. The van der Waals surface area contributed by atoms with Crippen molar-refractivity contribution in [3.63, 3.8) is 0 Å². The number of esters is 1. The molecule has 0 fully saturated rings. The summed E-state index contributed by atoms with van der Waals surface area (Å²) in [7, 11) is 1.42. The molecule has 0 aromatic rings. The zero-order valence-corrected chi connectivity index (χ0v) is 7.67. The maximum Gasteiger partial charge on any atom is 0.319 e. The van der Waals surface area contributed by atoms with E-state index in [0.29, 0.717) is 6.54 Å². The molecule has 1 aliphatic rings. The van der Waals surface area contributed by atoms with Crippen molar-refractivity contribution in [1.29, 1.82) is 0 Å². The lowest BCUT2D eigenvalue weighted by Gasteiger charge is -2.23. The Labute approximate surface area is 73.0 Å². The molecular formula is C9H15NO2. The van der Waals surface area contributed by atoms with Crippen LogP contribution in [-0.4, -0.2) is 37.6 Å². The first-order valence-electron chi connectivity index (χ1n) is 4.17. The van der Waals surface area contributed by atoms with Crippen LogP contribution in [-0.2, 0) is 9.53 Å². The van der Waals surface area contributed by atoms with E-state index in [-0.39, 0.29) is 5.97 Å². The zero-order valence-electron chi connectivity index (χ0n) is 7.67. The predicted molar refractivity (Wildman–Crippen MR) is 46.8 cm³/mol. The topological polar surface area (TPSA) is 29.5 Å². The quantitative estimate of drug-likeness (QED) is 0.452. The van der Waals surface area contributed by atoms with Crippen LogP contribution in [0.5, 0.6) is 0 Å². The lowest BCUT2D eigenvalue weighted by atomic mass is 10.1. The fourth-order valence-corrected chi connectivity index (χ4v) is 1.20. The monoisotopic (exact) mass is 169 g/mol. The molecule has 1 aliphatic heterocycles. The molecule has 68 valence electrons. The highest BCUT2D eigenvalue weighted by molar-refractivity contribution is 5.71. The first-order valence-corrected chi connectivity index (χ1v) is 4.17. The van der Waals surface area contributed by atoms with Crippen LogP contribution in [0.3, 0.4) is 0 Å². The van der Waals surface area contributed by atoms with Gasteiger partial charge in [0.15, 0.2) is 0 Å². The van der Waals surface area contributed by atoms with Gasteiger partial charge in [-0.3, -0.25) is 9.69 Å². The van der Waals surface area contributed by atoms with E-state index in [1.807, 2.05) is 0 Å².